The largest absolute Gasteiger partial charge is 0.315 e. The molecule has 0 saturated carbocycles. The second kappa shape index (κ2) is 3.03. The molecule has 0 aromatic carbocycles. The fraction of sp³-hybridized carbons (Fsp3) is 0.875. The average Bonchev–Trinajstić information content (AvgIpc) is 2.06. The van der Waals surface area contributed by atoms with Gasteiger partial charge in [0.05, 0.1) is 11.5 Å². The molecular formula is C8H14N2. The number of piperidine rings is 1. The minimum Gasteiger partial charge on any atom is -0.315 e. The number of nitrogens with zero attached hydrogens (tertiary/aromatic N) is 1. The van der Waals surface area contributed by atoms with Gasteiger partial charge in [0, 0.05) is 6.54 Å². The van der Waals surface area contributed by atoms with Crippen molar-refractivity contribution in [3.63, 3.8) is 0 Å². The van der Waals surface area contributed by atoms with Crippen LogP contribution in [-0.4, -0.2) is 13.1 Å². The van der Waals surface area contributed by atoms with E-state index in [4.69, 9.17) is 5.26 Å². The van der Waals surface area contributed by atoms with Gasteiger partial charge in [0.25, 0.3) is 0 Å². The van der Waals surface area contributed by atoms with Crippen LogP contribution in [0.25, 0.3) is 0 Å². The van der Waals surface area contributed by atoms with Crippen LogP contribution >= 0.6 is 0 Å². The summed E-state index contributed by atoms with van der Waals surface area (Å²) < 4.78 is 0. The highest BCUT2D eigenvalue weighted by molar-refractivity contribution is 5.01. The molecule has 2 nitrogen and oxygen atoms in total. The van der Waals surface area contributed by atoms with E-state index in [1.807, 2.05) is 0 Å². The second-order valence-electron chi connectivity index (χ2n) is 3.03. The first-order valence-electron chi connectivity index (χ1n) is 3.95. The van der Waals surface area contributed by atoms with Gasteiger partial charge < -0.3 is 5.32 Å². The van der Waals surface area contributed by atoms with Crippen molar-refractivity contribution in [2.45, 2.75) is 26.2 Å². The summed E-state index contributed by atoms with van der Waals surface area (Å²) in [4.78, 5) is 0. The van der Waals surface area contributed by atoms with Crippen molar-refractivity contribution >= 4 is 0 Å². The Labute approximate surface area is 62.2 Å². The first-order valence-corrected chi connectivity index (χ1v) is 3.95. The fourth-order valence-corrected chi connectivity index (χ4v) is 1.44. The molecule has 1 saturated heterocycles. The molecule has 1 heterocycles. The van der Waals surface area contributed by atoms with E-state index >= 15 is 0 Å². The van der Waals surface area contributed by atoms with Gasteiger partial charge in [-0.05, 0) is 25.8 Å². The van der Waals surface area contributed by atoms with Gasteiger partial charge in [-0.25, -0.2) is 0 Å². The SMILES string of the molecule is CCC1(C#N)CCCNC1. The van der Waals surface area contributed by atoms with Crippen molar-refractivity contribution in [2.24, 2.45) is 5.41 Å². The van der Waals surface area contributed by atoms with E-state index in [9.17, 15) is 0 Å². The monoisotopic (exact) mass is 138 g/mol. The standard InChI is InChI=1S/C8H14N2/c1-2-8(6-9)4-3-5-10-7-8/h10H,2-5,7H2,1H3. The Morgan fingerprint density at radius 1 is 1.70 bits per heavy atom. The number of nitrogens with one attached hydrogen (secondary N) is 1. The van der Waals surface area contributed by atoms with Gasteiger partial charge in [0.15, 0.2) is 0 Å². The molecule has 0 aromatic heterocycles. The molecule has 56 valence electrons. The van der Waals surface area contributed by atoms with Crippen molar-refractivity contribution in [1.82, 2.24) is 5.32 Å². The molecule has 0 aromatic rings. The average molecular weight is 138 g/mol. The van der Waals surface area contributed by atoms with E-state index in [2.05, 4.69) is 18.3 Å². The summed E-state index contributed by atoms with van der Waals surface area (Å²) in [6, 6.07) is 2.40. The van der Waals surface area contributed by atoms with Gasteiger partial charge in [0.1, 0.15) is 0 Å². The Bertz CT molecular complexity index is 140. The minimum absolute atomic E-state index is 0.0434. The highest BCUT2D eigenvalue weighted by Gasteiger charge is 2.29. The van der Waals surface area contributed by atoms with Crippen LogP contribution in [0.15, 0.2) is 0 Å². The van der Waals surface area contributed by atoms with Crippen LogP contribution in [0.1, 0.15) is 26.2 Å². The normalized spacial score (nSPS) is 33.2. The van der Waals surface area contributed by atoms with Gasteiger partial charge >= 0.3 is 0 Å². The summed E-state index contributed by atoms with van der Waals surface area (Å²) in [6.45, 7) is 4.07. The fourth-order valence-electron chi connectivity index (χ4n) is 1.44. The smallest absolute Gasteiger partial charge is 0.0703 e. The van der Waals surface area contributed by atoms with Crippen LogP contribution in [0.2, 0.25) is 0 Å². The van der Waals surface area contributed by atoms with Crippen LogP contribution in [0.5, 0.6) is 0 Å². The van der Waals surface area contributed by atoms with E-state index in [0.717, 1.165) is 32.4 Å². The van der Waals surface area contributed by atoms with E-state index < -0.39 is 0 Å². The number of hydrogen-bond donors (Lipinski definition) is 1. The lowest BCUT2D eigenvalue weighted by molar-refractivity contribution is 0.279. The van der Waals surface area contributed by atoms with E-state index in [0.29, 0.717) is 0 Å². The molecule has 1 aliphatic heterocycles. The highest BCUT2D eigenvalue weighted by Crippen LogP contribution is 2.28. The third kappa shape index (κ3) is 1.30. The Kier molecular flexibility index (Phi) is 2.29. The topological polar surface area (TPSA) is 35.8 Å². The Morgan fingerprint density at radius 2 is 2.50 bits per heavy atom. The predicted octanol–water partition coefficient (Wildman–Crippen LogP) is 1.29. The van der Waals surface area contributed by atoms with Crippen molar-refractivity contribution in [2.75, 3.05) is 13.1 Å². The molecule has 0 radical (unpaired) electrons. The molecule has 0 bridgehead atoms. The molecule has 0 spiro atoms. The molecule has 0 amide bonds. The third-order valence-electron chi connectivity index (χ3n) is 2.39. The Hall–Kier alpha value is -0.550. The van der Waals surface area contributed by atoms with Crippen LogP contribution in [0.4, 0.5) is 0 Å². The summed E-state index contributed by atoms with van der Waals surface area (Å²) in [7, 11) is 0. The van der Waals surface area contributed by atoms with Crippen LogP contribution in [0, 0.1) is 16.7 Å². The lowest BCUT2D eigenvalue weighted by Crippen LogP contribution is -2.38. The van der Waals surface area contributed by atoms with Gasteiger partial charge in [-0.2, -0.15) is 5.26 Å². The summed E-state index contributed by atoms with van der Waals surface area (Å²) in [5, 5.41) is 12.1. The van der Waals surface area contributed by atoms with E-state index in [1.165, 1.54) is 0 Å². The van der Waals surface area contributed by atoms with Crippen molar-refractivity contribution in [3.8, 4) is 6.07 Å². The Balaban J connectivity index is 2.55. The second-order valence-corrected chi connectivity index (χ2v) is 3.03. The number of hydrogen-bond acceptors (Lipinski definition) is 2. The van der Waals surface area contributed by atoms with E-state index in [1.54, 1.807) is 0 Å². The van der Waals surface area contributed by atoms with Crippen LogP contribution in [-0.2, 0) is 0 Å². The summed E-state index contributed by atoms with van der Waals surface area (Å²) in [5.41, 5.74) is -0.0434. The quantitative estimate of drug-likeness (QED) is 0.592. The molecule has 1 atom stereocenters. The number of rotatable bonds is 1. The summed E-state index contributed by atoms with van der Waals surface area (Å²) in [6.07, 6.45) is 3.21. The van der Waals surface area contributed by atoms with E-state index in [-0.39, 0.29) is 5.41 Å². The zero-order valence-corrected chi connectivity index (χ0v) is 6.48. The number of nitriles is 1. The van der Waals surface area contributed by atoms with Crippen molar-refractivity contribution in [3.05, 3.63) is 0 Å². The van der Waals surface area contributed by atoms with Gasteiger partial charge in [0.2, 0.25) is 0 Å². The molecule has 2 heteroatoms. The summed E-state index contributed by atoms with van der Waals surface area (Å²) >= 11 is 0. The molecule has 0 aliphatic carbocycles. The first kappa shape index (κ1) is 7.56. The van der Waals surface area contributed by atoms with Gasteiger partial charge in [-0.3, -0.25) is 0 Å². The molecule has 1 rings (SSSR count). The lowest BCUT2D eigenvalue weighted by Gasteiger charge is -2.29. The minimum atomic E-state index is -0.0434. The van der Waals surface area contributed by atoms with Crippen molar-refractivity contribution in [1.29, 1.82) is 5.26 Å². The lowest BCUT2D eigenvalue weighted by atomic mass is 9.80. The molecule has 1 unspecified atom stereocenters. The molecule has 1 fully saturated rings. The highest BCUT2D eigenvalue weighted by atomic mass is 14.9. The first-order chi connectivity index (χ1) is 4.83. The molecule has 1 aliphatic rings. The van der Waals surface area contributed by atoms with Crippen LogP contribution < -0.4 is 5.32 Å². The maximum Gasteiger partial charge on any atom is 0.0703 e. The maximum absolute atomic E-state index is 8.85. The van der Waals surface area contributed by atoms with Crippen LogP contribution in [0.3, 0.4) is 0 Å². The summed E-state index contributed by atoms with van der Waals surface area (Å²) in [5.74, 6) is 0. The van der Waals surface area contributed by atoms with Gasteiger partial charge in [-0.1, -0.05) is 6.92 Å². The molecular weight excluding hydrogens is 124 g/mol. The zero-order chi connectivity index (χ0) is 7.45. The Morgan fingerprint density at radius 3 is 2.80 bits per heavy atom. The maximum atomic E-state index is 8.85. The molecule has 10 heavy (non-hydrogen) atoms. The molecule has 1 N–H and O–H groups in total. The third-order valence-corrected chi connectivity index (χ3v) is 2.39. The van der Waals surface area contributed by atoms with Gasteiger partial charge in [-0.15, -0.1) is 0 Å². The zero-order valence-electron chi connectivity index (χ0n) is 6.48. The predicted molar refractivity (Wildman–Crippen MR) is 40.4 cm³/mol. The van der Waals surface area contributed by atoms with Crippen molar-refractivity contribution < 1.29 is 0 Å².